The normalized spacial score (nSPS) is 12.2. The van der Waals surface area contributed by atoms with Crippen molar-refractivity contribution < 1.29 is 4.79 Å². The van der Waals surface area contributed by atoms with Crippen molar-refractivity contribution in [2.75, 3.05) is 0 Å². The van der Waals surface area contributed by atoms with E-state index in [4.69, 9.17) is 0 Å². The standard InChI is InChI=1S/C16H21N3OS/c1-10-6-5-7-14(17-10)8-11(2)18-16(20)9-15-12(3)19-13(4)21-15/h5-7,11H,8-9H2,1-4H3,(H,18,20)/t11-/m0/s1. The first-order chi connectivity index (χ1) is 9.94. The summed E-state index contributed by atoms with van der Waals surface area (Å²) in [5.41, 5.74) is 2.97. The van der Waals surface area contributed by atoms with E-state index in [1.807, 2.05) is 45.9 Å². The summed E-state index contributed by atoms with van der Waals surface area (Å²) >= 11 is 1.59. The quantitative estimate of drug-likeness (QED) is 0.924. The average Bonchev–Trinajstić information content (AvgIpc) is 2.67. The van der Waals surface area contributed by atoms with Gasteiger partial charge in [0.2, 0.25) is 5.91 Å². The molecule has 0 unspecified atom stereocenters. The van der Waals surface area contributed by atoms with Gasteiger partial charge < -0.3 is 5.32 Å². The van der Waals surface area contributed by atoms with Gasteiger partial charge in [0.15, 0.2) is 0 Å². The van der Waals surface area contributed by atoms with Crippen molar-refractivity contribution in [1.82, 2.24) is 15.3 Å². The molecular formula is C16H21N3OS. The lowest BCUT2D eigenvalue weighted by Crippen LogP contribution is -2.35. The Bertz CT molecular complexity index is 636. The molecule has 1 amide bonds. The number of pyridine rings is 1. The lowest BCUT2D eigenvalue weighted by molar-refractivity contribution is -0.121. The number of amides is 1. The number of carbonyl (C=O) groups is 1. The molecule has 0 radical (unpaired) electrons. The van der Waals surface area contributed by atoms with Crippen LogP contribution in [0.15, 0.2) is 18.2 Å². The van der Waals surface area contributed by atoms with Gasteiger partial charge in [-0.05, 0) is 39.8 Å². The van der Waals surface area contributed by atoms with Crippen molar-refractivity contribution in [3.63, 3.8) is 0 Å². The van der Waals surface area contributed by atoms with Crippen molar-refractivity contribution in [3.05, 3.63) is 45.2 Å². The molecule has 4 nitrogen and oxygen atoms in total. The fourth-order valence-corrected chi connectivity index (χ4v) is 3.22. The predicted molar refractivity (Wildman–Crippen MR) is 85.6 cm³/mol. The van der Waals surface area contributed by atoms with E-state index in [0.717, 1.165) is 33.4 Å². The topological polar surface area (TPSA) is 54.9 Å². The van der Waals surface area contributed by atoms with E-state index in [1.165, 1.54) is 0 Å². The van der Waals surface area contributed by atoms with Crippen molar-refractivity contribution in [2.24, 2.45) is 0 Å². The highest BCUT2D eigenvalue weighted by Gasteiger charge is 2.13. The third kappa shape index (κ3) is 4.63. The molecule has 0 bridgehead atoms. The first kappa shape index (κ1) is 15.6. The summed E-state index contributed by atoms with van der Waals surface area (Å²) in [7, 11) is 0. The minimum Gasteiger partial charge on any atom is -0.353 e. The van der Waals surface area contributed by atoms with Crippen LogP contribution in [0.1, 0.15) is 33.9 Å². The smallest absolute Gasteiger partial charge is 0.225 e. The largest absolute Gasteiger partial charge is 0.353 e. The molecule has 5 heteroatoms. The fourth-order valence-electron chi connectivity index (χ4n) is 2.29. The summed E-state index contributed by atoms with van der Waals surface area (Å²) in [6.07, 6.45) is 1.15. The number of aryl methyl sites for hydroxylation is 3. The first-order valence-corrected chi connectivity index (χ1v) is 7.90. The molecule has 21 heavy (non-hydrogen) atoms. The zero-order valence-corrected chi connectivity index (χ0v) is 13.8. The maximum absolute atomic E-state index is 12.1. The molecule has 0 aliphatic carbocycles. The molecule has 2 heterocycles. The molecule has 0 saturated carbocycles. The Morgan fingerprint density at radius 1 is 1.29 bits per heavy atom. The van der Waals surface area contributed by atoms with Crippen LogP contribution in [0.2, 0.25) is 0 Å². The van der Waals surface area contributed by atoms with Crippen LogP contribution >= 0.6 is 11.3 Å². The summed E-state index contributed by atoms with van der Waals surface area (Å²) in [6.45, 7) is 7.89. The van der Waals surface area contributed by atoms with Gasteiger partial charge in [-0.3, -0.25) is 9.78 Å². The molecule has 0 aliphatic heterocycles. The third-order valence-corrected chi connectivity index (χ3v) is 4.26. The number of thiazole rings is 1. The Morgan fingerprint density at radius 3 is 2.67 bits per heavy atom. The molecule has 0 saturated heterocycles. The van der Waals surface area contributed by atoms with E-state index in [-0.39, 0.29) is 11.9 Å². The molecule has 0 fully saturated rings. The summed E-state index contributed by atoms with van der Waals surface area (Å²) in [5.74, 6) is 0.0434. The number of hydrogen-bond donors (Lipinski definition) is 1. The highest BCUT2D eigenvalue weighted by molar-refractivity contribution is 7.11. The van der Waals surface area contributed by atoms with E-state index in [9.17, 15) is 4.79 Å². The highest BCUT2D eigenvalue weighted by Crippen LogP contribution is 2.17. The molecule has 112 valence electrons. The van der Waals surface area contributed by atoms with Gasteiger partial charge in [0.25, 0.3) is 0 Å². The van der Waals surface area contributed by atoms with Crippen LogP contribution in [-0.4, -0.2) is 21.9 Å². The number of rotatable bonds is 5. The van der Waals surface area contributed by atoms with E-state index in [1.54, 1.807) is 11.3 Å². The maximum Gasteiger partial charge on any atom is 0.225 e. The average molecular weight is 303 g/mol. The van der Waals surface area contributed by atoms with Crippen LogP contribution in [0.5, 0.6) is 0 Å². The molecule has 1 N–H and O–H groups in total. The molecule has 2 aromatic rings. The molecule has 2 rings (SSSR count). The zero-order valence-electron chi connectivity index (χ0n) is 12.9. The number of nitrogens with one attached hydrogen (secondary N) is 1. The van der Waals surface area contributed by atoms with Crippen LogP contribution in [0.3, 0.4) is 0 Å². The van der Waals surface area contributed by atoms with Gasteiger partial charge in [-0.15, -0.1) is 11.3 Å². The fraction of sp³-hybridized carbons (Fsp3) is 0.438. The van der Waals surface area contributed by atoms with Gasteiger partial charge in [0, 0.05) is 28.7 Å². The second-order valence-corrected chi connectivity index (χ2v) is 6.65. The predicted octanol–water partition coefficient (Wildman–Crippen LogP) is 2.75. The summed E-state index contributed by atoms with van der Waals surface area (Å²) in [5, 5.41) is 4.04. The van der Waals surface area contributed by atoms with Crippen molar-refractivity contribution in [2.45, 2.75) is 46.6 Å². The number of nitrogens with zero attached hydrogens (tertiary/aromatic N) is 2. The third-order valence-electron chi connectivity index (χ3n) is 3.19. The van der Waals surface area contributed by atoms with E-state index in [0.29, 0.717) is 6.42 Å². The summed E-state index contributed by atoms with van der Waals surface area (Å²) in [4.78, 5) is 21.9. The zero-order chi connectivity index (χ0) is 15.4. The van der Waals surface area contributed by atoms with Crippen molar-refractivity contribution >= 4 is 17.2 Å². The van der Waals surface area contributed by atoms with Gasteiger partial charge in [-0.2, -0.15) is 0 Å². The van der Waals surface area contributed by atoms with E-state index < -0.39 is 0 Å². The van der Waals surface area contributed by atoms with E-state index in [2.05, 4.69) is 15.3 Å². The molecule has 0 aromatic carbocycles. The number of hydrogen-bond acceptors (Lipinski definition) is 4. The number of aromatic nitrogens is 2. The Balaban J connectivity index is 1.89. The summed E-state index contributed by atoms with van der Waals surface area (Å²) < 4.78 is 0. The molecule has 1 atom stereocenters. The van der Waals surface area contributed by atoms with Gasteiger partial charge >= 0.3 is 0 Å². The van der Waals surface area contributed by atoms with Crippen LogP contribution in [0.4, 0.5) is 0 Å². The Labute approximate surface area is 129 Å². The second-order valence-electron chi connectivity index (χ2n) is 5.36. The van der Waals surface area contributed by atoms with Crippen LogP contribution in [0.25, 0.3) is 0 Å². The van der Waals surface area contributed by atoms with Crippen LogP contribution < -0.4 is 5.32 Å². The van der Waals surface area contributed by atoms with Gasteiger partial charge in [-0.25, -0.2) is 4.98 Å². The SMILES string of the molecule is Cc1cccc(C[C@H](C)NC(=O)Cc2sc(C)nc2C)n1. The van der Waals surface area contributed by atoms with Gasteiger partial charge in [0.1, 0.15) is 0 Å². The molecular weight excluding hydrogens is 282 g/mol. The number of carbonyl (C=O) groups excluding carboxylic acids is 1. The molecule has 2 aromatic heterocycles. The lowest BCUT2D eigenvalue weighted by Gasteiger charge is -2.13. The maximum atomic E-state index is 12.1. The molecule has 0 spiro atoms. The Morgan fingerprint density at radius 2 is 2.05 bits per heavy atom. The van der Waals surface area contributed by atoms with E-state index >= 15 is 0 Å². The molecule has 0 aliphatic rings. The van der Waals surface area contributed by atoms with Crippen molar-refractivity contribution in [1.29, 1.82) is 0 Å². The monoisotopic (exact) mass is 303 g/mol. The summed E-state index contributed by atoms with van der Waals surface area (Å²) in [6, 6.07) is 6.03. The first-order valence-electron chi connectivity index (χ1n) is 7.09. The second kappa shape index (κ2) is 6.80. The Kier molecular flexibility index (Phi) is 5.07. The van der Waals surface area contributed by atoms with Crippen LogP contribution in [-0.2, 0) is 17.6 Å². The van der Waals surface area contributed by atoms with Crippen molar-refractivity contribution in [3.8, 4) is 0 Å². The lowest BCUT2D eigenvalue weighted by atomic mass is 10.1. The Hall–Kier alpha value is -1.75. The van der Waals surface area contributed by atoms with Gasteiger partial charge in [0.05, 0.1) is 17.1 Å². The minimum absolute atomic E-state index is 0.0434. The minimum atomic E-state index is 0.0434. The van der Waals surface area contributed by atoms with Gasteiger partial charge in [-0.1, -0.05) is 6.07 Å². The highest BCUT2D eigenvalue weighted by atomic mass is 32.1. The van der Waals surface area contributed by atoms with Crippen LogP contribution in [0, 0.1) is 20.8 Å².